The average Bonchev–Trinajstić information content (AvgIpc) is 3.08. The van der Waals surface area contributed by atoms with Gasteiger partial charge in [0, 0.05) is 24.7 Å². The Labute approximate surface area is 180 Å². The van der Waals surface area contributed by atoms with Crippen LogP contribution in [0, 0.1) is 0 Å². The van der Waals surface area contributed by atoms with Crippen molar-refractivity contribution in [1.82, 2.24) is 5.32 Å². The second-order valence-electron chi connectivity index (χ2n) is 7.02. The van der Waals surface area contributed by atoms with Gasteiger partial charge in [-0.2, -0.15) is 13.2 Å². The topological polar surface area (TPSA) is 79.9 Å². The fourth-order valence-electron chi connectivity index (χ4n) is 3.39. The third-order valence-electron chi connectivity index (χ3n) is 4.84. The smallest absolute Gasteiger partial charge is 0.416 e. The van der Waals surface area contributed by atoms with Gasteiger partial charge in [0.15, 0.2) is 11.5 Å². The van der Waals surface area contributed by atoms with Crippen LogP contribution >= 0.6 is 11.6 Å². The number of urea groups is 1. The van der Waals surface area contributed by atoms with Crippen LogP contribution in [0.25, 0.3) is 0 Å². The van der Waals surface area contributed by atoms with Crippen molar-refractivity contribution in [3.05, 3.63) is 47.0 Å². The maximum Gasteiger partial charge on any atom is 0.416 e. The molecule has 0 saturated carbocycles. The van der Waals surface area contributed by atoms with E-state index in [2.05, 4.69) is 10.6 Å². The molecule has 2 heterocycles. The standard InChI is InChI=1S/C20H17ClF3N3O4/c21-14-3-1-11(20(22,23)24)7-15(14)26-19(29)25-12-8-18(28)27(10-12)13-2-4-16-17(9-13)31-6-5-30-16/h1-4,7,9,12H,5-6,8,10H2,(H2,25,26,29). The fraction of sp³-hybridized carbons (Fsp3) is 0.300. The predicted molar refractivity (Wildman–Crippen MR) is 107 cm³/mol. The van der Waals surface area contributed by atoms with Crippen LogP contribution in [-0.4, -0.2) is 37.7 Å². The van der Waals surface area contributed by atoms with E-state index in [0.29, 0.717) is 30.4 Å². The van der Waals surface area contributed by atoms with Crippen LogP contribution in [0.3, 0.4) is 0 Å². The number of benzene rings is 2. The number of carbonyl (C=O) groups is 2. The van der Waals surface area contributed by atoms with Gasteiger partial charge >= 0.3 is 12.2 Å². The van der Waals surface area contributed by atoms with E-state index >= 15 is 0 Å². The molecular weight excluding hydrogens is 439 g/mol. The molecule has 1 unspecified atom stereocenters. The highest BCUT2D eigenvalue weighted by molar-refractivity contribution is 6.33. The number of nitrogens with zero attached hydrogens (tertiary/aromatic N) is 1. The number of halogens is 4. The lowest BCUT2D eigenvalue weighted by molar-refractivity contribution is -0.137. The van der Waals surface area contributed by atoms with Gasteiger partial charge in [-0.15, -0.1) is 0 Å². The van der Waals surface area contributed by atoms with Crippen molar-refractivity contribution >= 4 is 34.9 Å². The zero-order chi connectivity index (χ0) is 22.2. The Balaban J connectivity index is 1.41. The minimum absolute atomic E-state index is 0.0384. The zero-order valence-corrected chi connectivity index (χ0v) is 16.7. The molecule has 2 N–H and O–H groups in total. The zero-order valence-electron chi connectivity index (χ0n) is 16.0. The first-order valence-electron chi connectivity index (χ1n) is 9.35. The van der Waals surface area contributed by atoms with E-state index in [4.69, 9.17) is 21.1 Å². The summed E-state index contributed by atoms with van der Waals surface area (Å²) in [5.41, 5.74) is -0.519. The summed E-state index contributed by atoms with van der Waals surface area (Å²) < 4.78 is 49.6. The first kappa shape index (κ1) is 21.1. The van der Waals surface area contributed by atoms with Crippen molar-refractivity contribution < 1.29 is 32.2 Å². The van der Waals surface area contributed by atoms with Gasteiger partial charge in [-0.3, -0.25) is 4.79 Å². The Morgan fingerprint density at radius 3 is 2.58 bits per heavy atom. The lowest BCUT2D eigenvalue weighted by Gasteiger charge is -2.22. The number of fused-ring (bicyclic) bond motifs is 1. The molecule has 164 valence electrons. The summed E-state index contributed by atoms with van der Waals surface area (Å²) in [7, 11) is 0. The Hall–Kier alpha value is -3.14. The van der Waals surface area contributed by atoms with Crippen LogP contribution in [0.1, 0.15) is 12.0 Å². The van der Waals surface area contributed by atoms with Crippen LogP contribution < -0.4 is 25.0 Å². The molecule has 2 aliphatic rings. The second kappa shape index (κ2) is 8.18. The largest absolute Gasteiger partial charge is 0.486 e. The van der Waals surface area contributed by atoms with E-state index in [-0.39, 0.29) is 29.6 Å². The summed E-state index contributed by atoms with van der Waals surface area (Å²) in [6, 6.07) is 6.46. The van der Waals surface area contributed by atoms with Gasteiger partial charge in [0.1, 0.15) is 13.2 Å². The summed E-state index contributed by atoms with van der Waals surface area (Å²) in [5.74, 6) is 0.914. The summed E-state index contributed by atoms with van der Waals surface area (Å²) in [6.45, 7) is 1.06. The maximum atomic E-state index is 12.9. The lowest BCUT2D eigenvalue weighted by atomic mass is 10.2. The Kier molecular flexibility index (Phi) is 5.57. The van der Waals surface area contributed by atoms with Crippen molar-refractivity contribution in [1.29, 1.82) is 0 Å². The molecule has 2 aromatic carbocycles. The molecule has 1 saturated heterocycles. The van der Waals surface area contributed by atoms with E-state index in [1.165, 1.54) is 4.90 Å². The van der Waals surface area contributed by atoms with E-state index in [1.807, 2.05) is 0 Å². The Morgan fingerprint density at radius 2 is 1.84 bits per heavy atom. The maximum absolute atomic E-state index is 12.9. The number of hydrogen-bond donors (Lipinski definition) is 2. The lowest BCUT2D eigenvalue weighted by Crippen LogP contribution is -2.39. The van der Waals surface area contributed by atoms with Gasteiger partial charge < -0.3 is 25.0 Å². The minimum atomic E-state index is -4.57. The summed E-state index contributed by atoms with van der Waals surface area (Å²) in [6.07, 6.45) is -4.53. The van der Waals surface area contributed by atoms with Crippen molar-refractivity contribution in [3.63, 3.8) is 0 Å². The fourth-order valence-corrected chi connectivity index (χ4v) is 3.56. The summed E-state index contributed by atoms with van der Waals surface area (Å²) >= 11 is 5.90. The van der Waals surface area contributed by atoms with E-state index in [1.54, 1.807) is 18.2 Å². The van der Waals surface area contributed by atoms with Gasteiger partial charge in [0.2, 0.25) is 5.91 Å². The highest BCUT2D eigenvalue weighted by Crippen LogP contribution is 2.36. The number of rotatable bonds is 3. The SMILES string of the molecule is O=C(Nc1cc(C(F)(F)F)ccc1Cl)NC1CC(=O)N(c2ccc3c(c2)OCCO3)C1. The van der Waals surface area contributed by atoms with Gasteiger partial charge in [-0.1, -0.05) is 11.6 Å². The number of carbonyl (C=O) groups excluding carboxylic acids is 2. The van der Waals surface area contributed by atoms with Crippen LogP contribution in [0.5, 0.6) is 11.5 Å². The number of alkyl halides is 3. The average molecular weight is 456 g/mol. The summed E-state index contributed by atoms with van der Waals surface area (Å²) in [4.78, 5) is 26.2. The molecule has 1 atom stereocenters. The molecule has 0 aromatic heterocycles. The predicted octanol–water partition coefficient (Wildman–Crippen LogP) is 4.06. The molecule has 1 fully saturated rings. The van der Waals surface area contributed by atoms with Crippen molar-refractivity contribution in [3.8, 4) is 11.5 Å². The van der Waals surface area contributed by atoms with Gasteiger partial charge in [0.05, 0.1) is 22.3 Å². The molecule has 11 heteroatoms. The molecule has 4 rings (SSSR count). The number of ether oxygens (including phenoxy) is 2. The summed E-state index contributed by atoms with van der Waals surface area (Å²) in [5, 5.41) is 4.87. The number of anilines is 2. The quantitative estimate of drug-likeness (QED) is 0.731. The van der Waals surface area contributed by atoms with Crippen LogP contribution in [-0.2, 0) is 11.0 Å². The molecule has 2 aromatic rings. The molecule has 31 heavy (non-hydrogen) atoms. The monoisotopic (exact) mass is 455 g/mol. The van der Waals surface area contributed by atoms with Crippen LogP contribution in [0.2, 0.25) is 5.02 Å². The number of hydrogen-bond acceptors (Lipinski definition) is 4. The van der Waals surface area contributed by atoms with E-state index < -0.39 is 23.8 Å². The molecule has 3 amide bonds. The number of amides is 3. The van der Waals surface area contributed by atoms with Gasteiger partial charge in [-0.05, 0) is 30.3 Å². The van der Waals surface area contributed by atoms with Gasteiger partial charge in [-0.25, -0.2) is 4.79 Å². The van der Waals surface area contributed by atoms with Gasteiger partial charge in [0.25, 0.3) is 0 Å². The van der Waals surface area contributed by atoms with E-state index in [9.17, 15) is 22.8 Å². The van der Waals surface area contributed by atoms with Crippen molar-refractivity contribution in [2.75, 3.05) is 30.0 Å². The highest BCUT2D eigenvalue weighted by Gasteiger charge is 2.33. The van der Waals surface area contributed by atoms with Crippen molar-refractivity contribution in [2.24, 2.45) is 0 Å². The first-order valence-corrected chi connectivity index (χ1v) is 9.73. The molecule has 0 radical (unpaired) electrons. The van der Waals surface area contributed by atoms with Crippen molar-refractivity contribution in [2.45, 2.75) is 18.6 Å². The molecular formula is C20H17ClF3N3O4. The van der Waals surface area contributed by atoms with E-state index in [0.717, 1.165) is 18.2 Å². The first-order chi connectivity index (χ1) is 14.7. The molecule has 0 spiro atoms. The Bertz CT molecular complexity index is 1030. The Morgan fingerprint density at radius 1 is 1.10 bits per heavy atom. The van der Waals surface area contributed by atoms with Crippen LogP contribution in [0.4, 0.5) is 29.3 Å². The molecule has 7 nitrogen and oxygen atoms in total. The second-order valence-corrected chi connectivity index (χ2v) is 7.43. The third kappa shape index (κ3) is 4.63. The minimum Gasteiger partial charge on any atom is -0.486 e. The van der Waals surface area contributed by atoms with Crippen LogP contribution in [0.15, 0.2) is 36.4 Å². The third-order valence-corrected chi connectivity index (χ3v) is 5.17. The molecule has 0 aliphatic carbocycles. The highest BCUT2D eigenvalue weighted by atomic mass is 35.5. The molecule has 0 bridgehead atoms. The normalized spacial score (nSPS) is 18.1. The molecule has 2 aliphatic heterocycles. The number of nitrogens with one attached hydrogen (secondary N) is 2.